The number of piperidine rings is 1. The monoisotopic (exact) mass is 541 g/mol. The molecule has 30 heavy (non-hydrogen) atoms. The maximum absolute atomic E-state index is 13.6. The Labute approximate surface area is 191 Å². The van der Waals surface area contributed by atoms with Gasteiger partial charge in [-0.05, 0) is 77.6 Å². The number of benzene rings is 1. The SMILES string of the molecule is CC(C)(C)OC(=O)N1CCC(C#N)(c2cnn(-c3c(Br)cc(F)cc3Br)c2N)CC1. The standard InChI is InChI=1S/C20H22Br2FN5O2/c1-19(2,3)30-18(29)27-6-4-20(11-24,5-7-27)13-10-26-28(17(13)25)16-14(21)8-12(23)9-15(16)22/h8-10H,4-7,25H2,1-3H3. The molecule has 1 amide bonds. The highest BCUT2D eigenvalue weighted by Gasteiger charge is 2.41. The summed E-state index contributed by atoms with van der Waals surface area (Å²) in [6, 6.07) is 5.03. The summed E-state index contributed by atoms with van der Waals surface area (Å²) in [4.78, 5) is 14.0. The first kappa shape index (κ1) is 22.6. The van der Waals surface area contributed by atoms with Crippen molar-refractivity contribution >= 4 is 43.8 Å². The normalized spacial score (nSPS) is 16.2. The first-order chi connectivity index (χ1) is 14.0. The number of nitrogens with zero attached hydrogens (tertiary/aromatic N) is 4. The molecule has 7 nitrogen and oxygen atoms in total. The minimum atomic E-state index is -0.875. The summed E-state index contributed by atoms with van der Waals surface area (Å²) >= 11 is 6.69. The van der Waals surface area contributed by atoms with E-state index in [0.717, 1.165) is 0 Å². The highest BCUT2D eigenvalue weighted by atomic mass is 79.9. The van der Waals surface area contributed by atoms with Gasteiger partial charge in [-0.2, -0.15) is 10.4 Å². The van der Waals surface area contributed by atoms with Crippen LogP contribution in [0.1, 0.15) is 39.2 Å². The van der Waals surface area contributed by atoms with Gasteiger partial charge < -0.3 is 15.4 Å². The van der Waals surface area contributed by atoms with Crippen molar-refractivity contribution in [1.82, 2.24) is 14.7 Å². The zero-order valence-corrected chi connectivity index (χ0v) is 20.0. The predicted molar refractivity (Wildman–Crippen MR) is 118 cm³/mol. The van der Waals surface area contributed by atoms with E-state index in [1.807, 2.05) is 20.8 Å². The number of likely N-dealkylation sites (tertiary alicyclic amines) is 1. The number of carbonyl (C=O) groups is 1. The molecule has 1 aromatic heterocycles. The second-order valence-corrected chi connectivity index (χ2v) is 9.94. The van der Waals surface area contributed by atoms with Crippen molar-refractivity contribution in [2.45, 2.75) is 44.6 Å². The summed E-state index contributed by atoms with van der Waals surface area (Å²) in [5.74, 6) is -0.110. The topological polar surface area (TPSA) is 97.2 Å². The maximum atomic E-state index is 13.6. The Hall–Kier alpha value is -2.12. The zero-order chi connectivity index (χ0) is 22.3. The van der Waals surface area contributed by atoms with Crippen molar-refractivity contribution < 1.29 is 13.9 Å². The Morgan fingerprint density at radius 1 is 1.30 bits per heavy atom. The molecule has 1 aliphatic rings. The van der Waals surface area contributed by atoms with Gasteiger partial charge in [-0.3, -0.25) is 0 Å². The average Bonchev–Trinajstić information content (AvgIpc) is 3.01. The number of anilines is 1. The second kappa shape index (κ2) is 8.19. The third kappa shape index (κ3) is 4.32. The molecule has 1 saturated heterocycles. The van der Waals surface area contributed by atoms with Crippen molar-refractivity contribution in [1.29, 1.82) is 5.26 Å². The summed E-state index contributed by atoms with van der Waals surface area (Å²) in [5.41, 5.74) is 6.07. The van der Waals surface area contributed by atoms with Crippen LogP contribution in [0.25, 0.3) is 5.69 Å². The molecular weight excluding hydrogens is 521 g/mol. The predicted octanol–water partition coefficient (Wildman–Crippen LogP) is 4.91. The summed E-state index contributed by atoms with van der Waals surface area (Å²) in [6.45, 7) is 6.19. The van der Waals surface area contributed by atoms with Gasteiger partial charge in [0.25, 0.3) is 0 Å². The summed E-state index contributed by atoms with van der Waals surface area (Å²) in [5, 5.41) is 14.4. The Morgan fingerprint density at radius 3 is 2.37 bits per heavy atom. The van der Waals surface area contributed by atoms with Crippen LogP contribution in [0.15, 0.2) is 27.3 Å². The fourth-order valence-corrected chi connectivity index (χ4v) is 4.95. The molecule has 0 unspecified atom stereocenters. The molecule has 2 heterocycles. The van der Waals surface area contributed by atoms with E-state index in [-0.39, 0.29) is 0 Å². The first-order valence-corrected chi connectivity index (χ1v) is 10.9. The number of aromatic nitrogens is 2. The van der Waals surface area contributed by atoms with Crippen LogP contribution >= 0.6 is 31.9 Å². The minimum absolute atomic E-state index is 0.301. The van der Waals surface area contributed by atoms with Crippen LogP contribution in [-0.2, 0) is 10.2 Å². The van der Waals surface area contributed by atoms with Crippen LogP contribution in [0.5, 0.6) is 0 Å². The van der Waals surface area contributed by atoms with Gasteiger partial charge in [-0.25, -0.2) is 13.9 Å². The van der Waals surface area contributed by atoms with Crippen LogP contribution in [0.2, 0.25) is 0 Å². The van der Waals surface area contributed by atoms with Gasteiger partial charge in [-0.1, -0.05) is 0 Å². The number of nitriles is 1. The number of carbonyl (C=O) groups excluding carboxylic acids is 1. The smallest absolute Gasteiger partial charge is 0.410 e. The molecule has 2 aromatic rings. The van der Waals surface area contributed by atoms with E-state index in [1.165, 1.54) is 16.8 Å². The number of hydrogen-bond acceptors (Lipinski definition) is 5. The van der Waals surface area contributed by atoms with Crippen molar-refractivity contribution in [3.63, 3.8) is 0 Å². The lowest BCUT2D eigenvalue weighted by atomic mass is 9.75. The zero-order valence-electron chi connectivity index (χ0n) is 16.9. The Balaban J connectivity index is 1.88. The van der Waals surface area contributed by atoms with Gasteiger partial charge in [-0.15, -0.1) is 0 Å². The highest BCUT2D eigenvalue weighted by molar-refractivity contribution is 9.11. The van der Waals surface area contributed by atoms with Gasteiger partial charge in [0.15, 0.2) is 0 Å². The molecular formula is C20H22Br2FN5O2. The van der Waals surface area contributed by atoms with Crippen molar-refractivity contribution in [2.75, 3.05) is 18.8 Å². The first-order valence-electron chi connectivity index (χ1n) is 9.35. The number of ether oxygens (including phenoxy) is 1. The van der Waals surface area contributed by atoms with Gasteiger partial charge in [0.1, 0.15) is 17.2 Å². The molecule has 10 heteroatoms. The molecule has 0 atom stereocenters. The molecule has 1 aliphatic heterocycles. The second-order valence-electron chi connectivity index (χ2n) is 8.23. The molecule has 1 aromatic carbocycles. The van der Waals surface area contributed by atoms with E-state index in [4.69, 9.17) is 10.5 Å². The van der Waals surface area contributed by atoms with E-state index in [1.54, 1.807) is 11.1 Å². The third-order valence-electron chi connectivity index (χ3n) is 5.00. The van der Waals surface area contributed by atoms with Gasteiger partial charge in [0.05, 0.1) is 23.4 Å². The van der Waals surface area contributed by atoms with Crippen molar-refractivity contribution in [3.8, 4) is 11.8 Å². The van der Waals surface area contributed by atoms with E-state index in [2.05, 4.69) is 43.0 Å². The Kier molecular flexibility index (Phi) is 6.16. The number of rotatable bonds is 2. The number of nitrogens with two attached hydrogens (primary N) is 1. The van der Waals surface area contributed by atoms with E-state index < -0.39 is 22.9 Å². The summed E-state index contributed by atoms with van der Waals surface area (Å²) in [7, 11) is 0. The summed E-state index contributed by atoms with van der Waals surface area (Å²) < 4.78 is 21.5. The lowest BCUT2D eigenvalue weighted by molar-refractivity contribution is 0.0185. The van der Waals surface area contributed by atoms with Crippen LogP contribution in [0, 0.1) is 17.1 Å². The molecule has 3 rings (SSSR count). The molecule has 160 valence electrons. The van der Waals surface area contributed by atoms with Gasteiger partial charge in [0, 0.05) is 27.6 Å². The minimum Gasteiger partial charge on any atom is -0.444 e. The molecule has 0 saturated carbocycles. The lowest BCUT2D eigenvalue weighted by Gasteiger charge is -2.37. The van der Waals surface area contributed by atoms with Crippen LogP contribution in [-0.4, -0.2) is 39.5 Å². The fourth-order valence-electron chi connectivity index (χ4n) is 3.48. The lowest BCUT2D eigenvalue weighted by Crippen LogP contribution is -2.46. The quantitative estimate of drug-likeness (QED) is 0.581. The number of amides is 1. The van der Waals surface area contributed by atoms with E-state index >= 15 is 0 Å². The van der Waals surface area contributed by atoms with Crippen LogP contribution in [0.4, 0.5) is 15.0 Å². The third-order valence-corrected chi connectivity index (χ3v) is 6.21. The average molecular weight is 543 g/mol. The number of halogens is 3. The van der Waals surface area contributed by atoms with Crippen molar-refractivity contribution in [2.24, 2.45) is 0 Å². The molecule has 0 aliphatic carbocycles. The Morgan fingerprint density at radius 2 is 1.87 bits per heavy atom. The molecule has 1 fully saturated rings. The molecule has 0 spiro atoms. The Bertz CT molecular complexity index is 994. The number of hydrogen-bond donors (Lipinski definition) is 1. The van der Waals surface area contributed by atoms with Gasteiger partial charge in [0.2, 0.25) is 0 Å². The van der Waals surface area contributed by atoms with Crippen LogP contribution < -0.4 is 5.73 Å². The summed E-state index contributed by atoms with van der Waals surface area (Å²) in [6.07, 6.45) is 2.00. The fraction of sp³-hybridized carbons (Fsp3) is 0.450. The molecule has 0 radical (unpaired) electrons. The number of nitrogen functional groups attached to an aromatic ring is 1. The highest BCUT2D eigenvalue weighted by Crippen LogP contribution is 2.40. The van der Waals surface area contributed by atoms with E-state index in [0.29, 0.717) is 51.9 Å². The maximum Gasteiger partial charge on any atom is 0.410 e. The van der Waals surface area contributed by atoms with Crippen molar-refractivity contribution in [3.05, 3.63) is 38.7 Å². The molecule has 2 N–H and O–H groups in total. The van der Waals surface area contributed by atoms with E-state index in [9.17, 15) is 14.4 Å². The largest absolute Gasteiger partial charge is 0.444 e. The molecule has 0 bridgehead atoms. The van der Waals surface area contributed by atoms with Crippen LogP contribution in [0.3, 0.4) is 0 Å². The van der Waals surface area contributed by atoms with Gasteiger partial charge >= 0.3 is 6.09 Å².